The molecule has 0 aromatic heterocycles. The van der Waals surface area contributed by atoms with Crippen molar-refractivity contribution in [2.45, 2.75) is 136 Å². The zero-order valence-corrected chi connectivity index (χ0v) is 47.4. The van der Waals surface area contributed by atoms with Gasteiger partial charge in [0.05, 0.1) is 39.1 Å². The Kier molecular flexibility index (Phi) is 21.2. The minimum absolute atomic E-state index is 0.0306. The predicted molar refractivity (Wildman–Crippen MR) is 296 cm³/mol. The van der Waals surface area contributed by atoms with Crippen molar-refractivity contribution in [1.82, 2.24) is 0 Å². The summed E-state index contributed by atoms with van der Waals surface area (Å²) < 4.78 is 74.3. The number of hydrogen-bond donors (Lipinski definition) is 15. The molecule has 0 amide bonds. The molecule has 30 heteroatoms. The van der Waals surface area contributed by atoms with Gasteiger partial charge in [-0.05, 0) is 72.7 Å². The van der Waals surface area contributed by atoms with Gasteiger partial charge in [0.15, 0.2) is 30.0 Å². The second-order valence-electron chi connectivity index (χ2n) is 21.1. The number of rotatable bonds is 20. The van der Waals surface area contributed by atoms with E-state index in [-0.39, 0.29) is 51.4 Å². The van der Waals surface area contributed by atoms with Crippen LogP contribution in [0.1, 0.15) is 35.3 Å². The standard InChI is InChI=1S/C59H68O30/c1-24-54(89-41(64)15-9-26-6-12-30(13-7-26)82-57-50(73)47(70)44(67)38(87-57)22-79-40(63)14-8-25-4-10-28(61)11-5-25)49(72)53(76)56(81-24)80-23-39-45(68)48(71)52(75)59(88-39)85-36-20-31-32(83-55(36)27-16-34(77-2)42(65)35(17-27)78-3)18-29(62)19-33(31)84-58-51(74)46(69)43(66)37(21-60)86-58/h4-20,24,37-39,43-62,65-76H,21-23H2,1-3H3/b14-8+,15-9+/t24-,37-,38+,39+,43+,44-,45-,46-,47-,48+,49+,50+,51+,52+,53-,54-,55?,56+,57+,58+,59+/m0/s1. The summed E-state index contributed by atoms with van der Waals surface area (Å²) in [6.45, 7) is -0.627. The van der Waals surface area contributed by atoms with E-state index in [2.05, 4.69) is 0 Å². The van der Waals surface area contributed by atoms with Crippen LogP contribution in [0.5, 0.6) is 46.0 Å². The van der Waals surface area contributed by atoms with Gasteiger partial charge in [0.25, 0.3) is 0 Å². The normalized spacial score (nSPS) is 33.7. The molecule has 0 saturated carbocycles. The number of aliphatic hydroxyl groups is 12. The summed E-state index contributed by atoms with van der Waals surface area (Å²) in [7, 11) is 2.52. The number of carbonyl (C=O) groups excluding carboxylic acids is 2. The number of carbonyl (C=O) groups is 2. The molecule has 15 N–H and O–H groups in total. The van der Waals surface area contributed by atoms with Crippen LogP contribution in [0, 0.1) is 0 Å². The van der Waals surface area contributed by atoms with Gasteiger partial charge >= 0.3 is 11.9 Å². The van der Waals surface area contributed by atoms with Gasteiger partial charge in [0, 0.05) is 29.8 Å². The molecule has 1 unspecified atom stereocenters. The van der Waals surface area contributed by atoms with Crippen molar-refractivity contribution in [3.8, 4) is 46.0 Å². The zero-order valence-electron chi connectivity index (χ0n) is 47.4. The van der Waals surface area contributed by atoms with Crippen molar-refractivity contribution >= 4 is 30.2 Å². The zero-order chi connectivity index (χ0) is 64.1. The van der Waals surface area contributed by atoms with Crippen LogP contribution in [-0.4, -0.2) is 245 Å². The minimum atomic E-state index is -2.02. The highest BCUT2D eigenvalue weighted by atomic mass is 16.7. The van der Waals surface area contributed by atoms with E-state index in [1.54, 1.807) is 12.1 Å². The topological polar surface area (TPSA) is 458 Å². The third-order valence-electron chi connectivity index (χ3n) is 15.1. The van der Waals surface area contributed by atoms with E-state index < -0.39 is 172 Å². The van der Waals surface area contributed by atoms with E-state index in [1.807, 2.05) is 0 Å². The number of fused-ring (bicyclic) bond motifs is 1. The van der Waals surface area contributed by atoms with E-state index >= 15 is 0 Å². The lowest BCUT2D eigenvalue weighted by atomic mass is 9.97. The fourth-order valence-corrected chi connectivity index (χ4v) is 10.0. The molecule has 5 aliphatic heterocycles. The summed E-state index contributed by atoms with van der Waals surface area (Å²) in [5.74, 6) is -3.33. The van der Waals surface area contributed by atoms with Crippen molar-refractivity contribution in [1.29, 1.82) is 0 Å². The Morgan fingerprint density at radius 3 is 1.63 bits per heavy atom. The van der Waals surface area contributed by atoms with Crippen LogP contribution in [0.2, 0.25) is 0 Å². The molecule has 4 saturated heterocycles. The van der Waals surface area contributed by atoms with Crippen LogP contribution in [0.15, 0.2) is 90.7 Å². The first-order chi connectivity index (χ1) is 42.5. The molecular formula is C59H68O30. The van der Waals surface area contributed by atoms with Crippen molar-refractivity contribution in [2.75, 3.05) is 34.0 Å². The van der Waals surface area contributed by atoms with Gasteiger partial charge in [-0.15, -0.1) is 0 Å². The molecule has 0 bridgehead atoms. The summed E-state index contributed by atoms with van der Waals surface area (Å²) in [5, 5.41) is 160. The second kappa shape index (κ2) is 28.6. The molecule has 0 spiro atoms. The fourth-order valence-electron chi connectivity index (χ4n) is 10.0. The van der Waals surface area contributed by atoms with E-state index in [0.29, 0.717) is 11.1 Å². The smallest absolute Gasteiger partial charge is 0.331 e. The van der Waals surface area contributed by atoms with Gasteiger partial charge in [0.1, 0.15) is 127 Å². The third kappa shape index (κ3) is 14.9. The second-order valence-corrected chi connectivity index (χ2v) is 21.1. The largest absolute Gasteiger partial charge is 0.508 e. The number of methoxy groups -OCH3 is 2. The molecule has 21 atom stereocenters. The molecule has 89 heavy (non-hydrogen) atoms. The van der Waals surface area contributed by atoms with Crippen LogP contribution in [-0.2, 0) is 47.5 Å². The summed E-state index contributed by atoms with van der Waals surface area (Å²) >= 11 is 0. The minimum Gasteiger partial charge on any atom is -0.508 e. The van der Waals surface area contributed by atoms with Gasteiger partial charge in [-0.25, -0.2) is 9.59 Å². The molecule has 4 aromatic carbocycles. The highest BCUT2D eigenvalue weighted by Crippen LogP contribution is 2.48. The maximum atomic E-state index is 13.1. The third-order valence-corrected chi connectivity index (χ3v) is 15.1. The first-order valence-electron chi connectivity index (χ1n) is 27.6. The molecule has 4 aromatic rings. The van der Waals surface area contributed by atoms with Gasteiger partial charge in [-0.1, -0.05) is 24.3 Å². The van der Waals surface area contributed by atoms with Crippen molar-refractivity contribution in [2.24, 2.45) is 0 Å². The van der Waals surface area contributed by atoms with E-state index in [9.17, 15) is 86.2 Å². The van der Waals surface area contributed by atoms with Crippen LogP contribution >= 0.6 is 0 Å². The molecule has 0 aliphatic carbocycles. The molecule has 9 rings (SSSR count). The summed E-state index contributed by atoms with van der Waals surface area (Å²) in [6.07, 6.45) is -29.3. The molecule has 5 aliphatic rings. The number of esters is 2. The lowest BCUT2D eigenvalue weighted by Gasteiger charge is -2.43. The Morgan fingerprint density at radius 1 is 0.528 bits per heavy atom. The van der Waals surface area contributed by atoms with Crippen LogP contribution in [0.25, 0.3) is 18.2 Å². The maximum absolute atomic E-state index is 13.1. The summed E-state index contributed by atoms with van der Waals surface area (Å²) in [5.41, 5.74) is 1.13. The monoisotopic (exact) mass is 1260 g/mol. The van der Waals surface area contributed by atoms with Crippen LogP contribution < -0.4 is 23.7 Å². The van der Waals surface area contributed by atoms with Gasteiger partial charge in [0.2, 0.25) is 24.6 Å². The van der Waals surface area contributed by atoms with Gasteiger partial charge in [-0.2, -0.15) is 0 Å². The van der Waals surface area contributed by atoms with E-state index in [1.165, 1.54) is 94.0 Å². The van der Waals surface area contributed by atoms with E-state index in [0.717, 1.165) is 18.2 Å². The lowest BCUT2D eigenvalue weighted by Crippen LogP contribution is -2.61. The quantitative estimate of drug-likeness (QED) is 0.0331. The Bertz CT molecular complexity index is 3130. The number of phenolic OH excluding ortho intramolecular Hbond substituents is 3. The van der Waals surface area contributed by atoms with Crippen molar-refractivity contribution in [3.05, 3.63) is 113 Å². The molecule has 4 fully saturated rings. The molecular weight excluding hydrogens is 1190 g/mol. The average molecular weight is 1260 g/mol. The van der Waals surface area contributed by atoms with Gasteiger partial charge < -0.3 is 138 Å². The molecule has 30 nitrogen and oxygen atoms in total. The highest BCUT2D eigenvalue weighted by Gasteiger charge is 2.51. The predicted octanol–water partition coefficient (Wildman–Crippen LogP) is -2.15. The first-order valence-corrected chi connectivity index (χ1v) is 27.6. The lowest BCUT2D eigenvalue weighted by molar-refractivity contribution is -0.325. The van der Waals surface area contributed by atoms with E-state index in [4.69, 9.17) is 61.6 Å². The average Bonchev–Trinajstić information content (AvgIpc) is 1.16. The van der Waals surface area contributed by atoms with Crippen LogP contribution in [0.3, 0.4) is 0 Å². The number of ether oxygens (including phenoxy) is 13. The van der Waals surface area contributed by atoms with Crippen molar-refractivity contribution < 1.29 is 148 Å². The molecule has 484 valence electrons. The maximum Gasteiger partial charge on any atom is 0.331 e. The fraction of sp³-hybridized carbons (Fsp3) is 0.458. The number of benzene rings is 4. The number of aromatic hydroxyl groups is 3. The Morgan fingerprint density at radius 2 is 1.04 bits per heavy atom. The Balaban J connectivity index is 0.817. The first kappa shape index (κ1) is 66.0. The number of hydrogen-bond acceptors (Lipinski definition) is 30. The summed E-state index contributed by atoms with van der Waals surface area (Å²) in [6, 6.07) is 16.8. The van der Waals surface area contributed by atoms with Crippen molar-refractivity contribution in [3.63, 3.8) is 0 Å². The Hall–Kier alpha value is -7.44. The summed E-state index contributed by atoms with van der Waals surface area (Å²) in [4.78, 5) is 25.4. The SMILES string of the molecule is COc1cc(C2Oc3cc(O)cc(O[C@@H]4O[C@@H](CO)[C@@H](O)[C@H](O)[C@H]4O)c3C=C2O[C@@H]2O[C@H](CO[C@@H]3O[C@@H](C)[C@H](OC(=O)/C=C/c4ccc(O[C@@H]5O[C@H](COC(=O)/C=C/c6ccc(O)cc6)[C@H](O)[C@H](O)[C@H]5O)cc4)[C@H](O)[C@@H]3O)[C@H](O)[C@@H](O)[C@H]2O)cc(OC)c1O. The van der Waals surface area contributed by atoms with Crippen LogP contribution in [0.4, 0.5) is 0 Å². The van der Waals surface area contributed by atoms with Gasteiger partial charge in [-0.3, -0.25) is 0 Å². The number of phenols is 3. The Labute approximate surface area is 505 Å². The molecule has 5 heterocycles. The highest BCUT2D eigenvalue weighted by molar-refractivity contribution is 5.87. The number of aliphatic hydroxyl groups excluding tert-OH is 12. The molecule has 0 radical (unpaired) electrons.